The van der Waals surface area contributed by atoms with E-state index in [0.717, 1.165) is 27.3 Å². The molecule has 0 aliphatic heterocycles. The maximum absolute atomic E-state index is 11.8. The molecule has 2 aromatic heterocycles. The van der Waals surface area contributed by atoms with Gasteiger partial charge < -0.3 is 0 Å². The van der Waals surface area contributed by atoms with Crippen LogP contribution in [-0.4, -0.2) is 10.8 Å². The first-order valence-corrected chi connectivity index (χ1v) is 6.57. The number of thiophene rings is 1. The molecule has 17 heavy (non-hydrogen) atoms. The van der Waals surface area contributed by atoms with Gasteiger partial charge in [0, 0.05) is 29.3 Å². The van der Waals surface area contributed by atoms with Crippen LogP contribution in [0.3, 0.4) is 0 Å². The number of aryl methyl sites for hydroxylation is 1. The molecule has 0 unspecified atom stereocenters. The maximum atomic E-state index is 11.8. The lowest BCUT2D eigenvalue weighted by molar-refractivity contribution is 0.0985. The Morgan fingerprint density at radius 3 is 2.88 bits per heavy atom. The molecule has 0 saturated carbocycles. The van der Waals surface area contributed by atoms with Crippen molar-refractivity contribution in [3.8, 4) is 10.4 Å². The summed E-state index contributed by atoms with van der Waals surface area (Å²) in [5, 5.41) is 0. The first-order valence-electron chi connectivity index (χ1n) is 5.75. The minimum Gasteiger partial charge on any atom is -0.293 e. The Hall–Kier alpha value is -1.48. The van der Waals surface area contributed by atoms with Crippen LogP contribution >= 0.6 is 11.3 Å². The Morgan fingerprint density at radius 1 is 1.35 bits per heavy atom. The monoisotopic (exact) mass is 245 g/mol. The number of nitrogens with zero attached hydrogens (tertiary/aromatic N) is 1. The number of Topliss-reactive ketones (excluding diaryl/α,β-unsaturated/α-hetero) is 1. The third kappa shape index (κ3) is 2.80. The van der Waals surface area contributed by atoms with Crippen molar-refractivity contribution in [2.45, 2.75) is 26.7 Å². The third-order valence-electron chi connectivity index (χ3n) is 2.52. The van der Waals surface area contributed by atoms with Gasteiger partial charge in [-0.25, -0.2) is 0 Å². The number of aromatic nitrogens is 1. The number of carbonyl (C=O) groups is 1. The molecule has 0 radical (unpaired) electrons. The highest BCUT2D eigenvalue weighted by Crippen LogP contribution is 2.28. The van der Waals surface area contributed by atoms with E-state index in [-0.39, 0.29) is 5.78 Å². The summed E-state index contributed by atoms with van der Waals surface area (Å²) in [5.41, 5.74) is 2.22. The zero-order valence-corrected chi connectivity index (χ0v) is 10.9. The van der Waals surface area contributed by atoms with Crippen molar-refractivity contribution in [2.24, 2.45) is 0 Å². The minimum atomic E-state index is 0.240. The van der Waals surface area contributed by atoms with E-state index in [4.69, 9.17) is 0 Å². The Morgan fingerprint density at radius 2 is 2.18 bits per heavy atom. The normalized spacial score (nSPS) is 10.5. The van der Waals surface area contributed by atoms with Gasteiger partial charge in [0.2, 0.25) is 0 Å². The second-order valence-electron chi connectivity index (χ2n) is 4.09. The van der Waals surface area contributed by atoms with Crippen LogP contribution in [0, 0.1) is 6.92 Å². The van der Waals surface area contributed by atoms with Gasteiger partial charge >= 0.3 is 0 Å². The maximum Gasteiger partial charge on any atom is 0.172 e. The van der Waals surface area contributed by atoms with Gasteiger partial charge in [-0.05, 0) is 37.1 Å². The number of carbonyl (C=O) groups excluding carboxylic acids is 1. The summed E-state index contributed by atoms with van der Waals surface area (Å²) >= 11 is 1.55. The fourth-order valence-electron chi connectivity index (χ4n) is 1.68. The quantitative estimate of drug-likeness (QED) is 0.759. The van der Waals surface area contributed by atoms with Crippen molar-refractivity contribution in [1.82, 2.24) is 4.98 Å². The summed E-state index contributed by atoms with van der Waals surface area (Å²) in [4.78, 5) is 17.9. The number of hydrogen-bond acceptors (Lipinski definition) is 3. The fraction of sp³-hybridized carbons (Fsp3) is 0.286. The third-order valence-corrected chi connectivity index (χ3v) is 3.69. The van der Waals surface area contributed by atoms with Gasteiger partial charge in [-0.15, -0.1) is 11.3 Å². The lowest BCUT2D eigenvalue weighted by atomic mass is 10.2. The molecule has 0 bridgehead atoms. The van der Waals surface area contributed by atoms with Crippen molar-refractivity contribution >= 4 is 17.1 Å². The number of ketones is 1. The van der Waals surface area contributed by atoms with E-state index in [1.807, 2.05) is 38.4 Å². The lowest BCUT2D eigenvalue weighted by Gasteiger charge is -1.97. The average Bonchev–Trinajstić information content (AvgIpc) is 2.78. The molecule has 2 nitrogen and oxygen atoms in total. The van der Waals surface area contributed by atoms with Crippen LogP contribution in [0.4, 0.5) is 0 Å². The Balaban J connectivity index is 2.27. The van der Waals surface area contributed by atoms with Gasteiger partial charge in [0.15, 0.2) is 5.78 Å². The number of rotatable bonds is 4. The van der Waals surface area contributed by atoms with Gasteiger partial charge in [-0.2, -0.15) is 0 Å². The summed E-state index contributed by atoms with van der Waals surface area (Å²) in [5.74, 6) is 0.240. The standard InChI is InChI=1S/C14H15NOS/c1-3-4-12(16)14-6-5-13(17-14)11-7-10(2)8-15-9-11/h5-9H,3-4H2,1-2H3. The highest BCUT2D eigenvalue weighted by molar-refractivity contribution is 7.17. The number of pyridine rings is 1. The predicted octanol–water partition coefficient (Wildman–Crippen LogP) is 4.10. The van der Waals surface area contributed by atoms with Crippen molar-refractivity contribution in [3.05, 3.63) is 41.0 Å². The first-order chi connectivity index (χ1) is 8.20. The molecule has 0 fully saturated rings. The molecule has 0 atom stereocenters. The zero-order valence-electron chi connectivity index (χ0n) is 10.1. The van der Waals surface area contributed by atoms with Crippen LogP contribution in [0.1, 0.15) is 35.0 Å². The summed E-state index contributed by atoms with van der Waals surface area (Å²) in [7, 11) is 0. The van der Waals surface area contributed by atoms with Gasteiger partial charge in [-0.3, -0.25) is 9.78 Å². The van der Waals surface area contributed by atoms with Crippen molar-refractivity contribution in [2.75, 3.05) is 0 Å². The van der Waals surface area contributed by atoms with Crippen LogP contribution in [0.25, 0.3) is 10.4 Å². The summed E-state index contributed by atoms with van der Waals surface area (Å²) in [6, 6.07) is 6.01. The van der Waals surface area contributed by atoms with Crippen LogP contribution in [0.2, 0.25) is 0 Å². The second kappa shape index (κ2) is 5.23. The summed E-state index contributed by atoms with van der Waals surface area (Å²) in [6.45, 7) is 4.05. The molecule has 2 heterocycles. The Bertz CT molecular complexity index is 531. The molecule has 88 valence electrons. The molecular weight excluding hydrogens is 230 g/mol. The first kappa shape index (κ1) is 12.0. The molecule has 3 heteroatoms. The van der Waals surface area contributed by atoms with E-state index in [1.165, 1.54) is 0 Å². The summed E-state index contributed by atoms with van der Waals surface area (Å²) in [6.07, 6.45) is 5.21. The van der Waals surface area contributed by atoms with Crippen molar-refractivity contribution in [3.63, 3.8) is 0 Å². The highest BCUT2D eigenvalue weighted by Gasteiger charge is 2.09. The smallest absolute Gasteiger partial charge is 0.172 e. The van der Waals surface area contributed by atoms with E-state index in [2.05, 4.69) is 11.1 Å². The van der Waals surface area contributed by atoms with Crippen LogP contribution < -0.4 is 0 Å². The number of hydrogen-bond donors (Lipinski definition) is 0. The Labute approximate surface area is 105 Å². The largest absolute Gasteiger partial charge is 0.293 e. The van der Waals surface area contributed by atoms with Gasteiger partial charge in [0.1, 0.15) is 0 Å². The molecule has 0 aliphatic rings. The molecule has 2 aromatic rings. The van der Waals surface area contributed by atoms with Crippen LogP contribution in [0.5, 0.6) is 0 Å². The average molecular weight is 245 g/mol. The minimum absolute atomic E-state index is 0.240. The molecule has 0 N–H and O–H groups in total. The molecular formula is C14H15NOS. The van der Waals surface area contributed by atoms with Crippen LogP contribution in [-0.2, 0) is 0 Å². The molecule has 0 saturated heterocycles. The van der Waals surface area contributed by atoms with E-state index in [9.17, 15) is 4.79 Å². The molecule has 0 aliphatic carbocycles. The molecule has 0 aromatic carbocycles. The molecule has 0 spiro atoms. The SMILES string of the molecule is CCCC(=O)c1ccc(-c2cncc(C)c2)s1. The zero-order chi connectivity index (χ0) is 12.3. The second-order valence-corrected chi connectivity index (χ2v) is 5.17. The van der Waals surface area contributed by atoms with Crippen molar-refractivity contribution < 1.29 is 4.79 Å². The summed E-state index contributed by atoms with van der Waals surface area (Å²) < 4.78 is 0. The molecule has 2 rings (SSSR count). The topological polar surface area (TPSA) is 30.0 Å². The van der Waals surface area contributed by atoms with Gasteiger partial charge in [0.05, 0.1) is 4.88 Å². The predicted molar refractivity (Wildman–Crippen MR) is 71.5 cm³/mol. The molecule has 0 amide bonds. The van der Waals surface area contributed by atoms with Crippen molar-refractivity contribution in [1.29, 1.82) is 0 Å². The van der Waals surface area contributed by atoms with Crippen LogP contribution in [0.15, 0.2) is 30.6 Å². The Kier molecular flexibility index (Phi) is 3.69. The van der Waals surface area contributed by atoms with Gasteiger partial charge in [0.25, 0.3) is 0 Å². The lowest BCUT2D eigenvalue weighted by Crippen LogP contribution is -1.93. The van der Waals surface area contributed by atoms with E-state index < -0.39 is 0 Å². The fourth-order valence-corrected chi connectivity index (χ4v) is 2.64. The van der Waals surface area contributed by atoms with Gasteiger partial charge in [-0.1, -0.05) is 6.92 Å². The van der Waals surface area contributed by atoms with E-state index >= 15 is 0 Å². The van der Waals surface area contributed by atoms with E-state index in [1.54, 1.807) is 11.3 Å². The highest BCUT2D eigenvalue weighted by atomic mass is 32.1. The van der Waals surface area contributed by atoms with E-state index in [0.29, 0.717) is 6.42 Å².